The van der Waals surface area contributed by atoms with Crippen LogP contribution in [0.25, 0.3) is 0 Å². The Morgan fingerprint density at radius 1 is 1.20 bits per heavy atom. The quantitative estimate of drug-likeness (QED) is 0.901. The molecule has 0 fully saturated rings. The van der Waals surface area contributed by atoms with Crippen LogP contribution in [0, 0.1) is 5.82 Å². The van der Waals surface area contributed by atoms with Gasteiger partial charge in [-0.05, 0) is 30.3 Å². The molecule has 3 N–H and O–H groups in total. The van der Waals surface area contributed by atoms with Crippen molar-refractivity contribution in [2.75, 3.05) is 5.32 Å². The zero-order valence-electron chi connectivity index (χ0n) is 10.3. The molecule has 0 radical (unpaired) electrons. The first-order chi connectivity index (χ1) is 9.49. The van der Waals surface area contributed by atoms with Crippen LogP contribution in [0.4, 0.5) is 10.1 Å². The maximum atomic E-state index is 13.7. The van der Waals surface area contributed by atoms with Crippen LogP contribution in [0.5, 0.6) is 0 Å². The van der Waals surface area contributed by atoms with E-state index in [0.717, 1.165) is 0 Å². The van der Waals surface area contributed by atoms with Crippen LogP contribution in [-0.4, -0.2) is 5.91 Å². The summed E-state index contributed by atoms with van der Waals surface area (Å²) in [7, 11) is 0. The maximum Gasteiger partial charge on any atom is 0.248 e. The summed E-state index contributed by atoms with van der Waals surface area (Å²) < 4.78 is 13.7. The molecule has 2 aromatic carbocycles. The Labute approximate surface area is 125 Å². The number of anilines is 1. The van der Waals surface area contributed by atoms with E-state index in [1.54, 1.807) is 18.2 Å². The maximum absolute atomic E-state index is 13.7. The molecule has 1 amide bonds. The molecule has 20 heavy (non-hydrogen) atoms. The number of halogens is 3. The lowest BCUT2D eigenvalue weighted by Gasteiger charge is -2.11. The molecule has 0 atom stereocenters. The molecule has 0 aliphatic rings. The van der Waals surface area contributed by atoms with Gasteiger partial charge in [-0.15, -0.1) is 0 Å². The number of carbonyl (C=O) groups excluding carboxylic acids is 1. The summed E-state index contributed by atoms with van der Waals surface area (Å²) in [4.78, 5) is 11.1. The second-order valence-corrected chi connectivity index (χ2v) is 4.93. The van der Waals surface area contributed by atoms with E-state index in [4.69, 9.17) is 28.9 Å². The molecule has 6 heteroatoms. The van der Waals surface area contributed by atoms with Crippen molar-refractivity contribution >= 4 is 34.8 Å². The minimum Gasteiger partial charge on any atom is -0.378 e. The van der Waals surface area contributed by atoms with Gasteiger partial charge in [0.25, 0.3) is 0 Å². The smallest absolute Gasteiger partial charge is 0.248 e. The number of hydrogen-bond acceptors (Lipinski definition) is 2. The number of hydrogen-bond donors (Lipinski definition) is 2. The van der Waals surface area contributed by atoms with Crippen molar-refractivity contribution in [3.05, 3.63) is 63.4 Å². The Kier molecular flexibility index (Phi) is 4.47. The highest BCUT2D eigenvalue weighted by Crippen LogP contribution is 2.26. The van der Waals surface area contributed by atoms with E-state index in [1.165, 1.54) is 18.2 Å². The van der Waals surface area contributed by atoms with Gasteiger partial charge in [0.1, 0.15) is 5.82 Å². The Hall–Kier alpha value is -1.78. The molecule has 0 heterocycles. The van der Waals surface area contributed by atoms with Crippen LogP contribution in [-0.2, 0) is 6.54 Å². The third-order valence-electron chi connectivity index (χ3n) is 2.77. The van der Waals surface area contributed by atoms with Crippen molar-refractivity contribution in [3.63, 3.8) is 0 Å². The van der Waals surface area contributed by atoms with Crippen LogP contribution in [0.15, 0.2) is 36.4 Å². The van der Waals surface area contributed by atoms with E-state index in [-0.39, 0.29) is 17.8 Å². The summed E-state index contributed by atoms with van der Waals surface area (Å²) in [5.41, 5.74) is 6.19. The van der Waals surface area contributed by atoms with Crippen LogP contribution < -0.4 is 11.1 Å². The molecule has 0 aromatic heterocycles. The molecule has 0 saturated heterocycles. The third-order valence-corrected chi connectivity index (χ3v) is 3.48. The van der Waals surface area contributed by atoms with Gasteiger partial charge in [-0.2, -0.15) is 0 Å². The first kappa shape index (κ1) is 14.6. The van der Waals surface area contributed by atoms with Gasteiger partial charge in [0.15, 0.2) is 0 Å². The number of benzene rings is 2. The lowest BCUT2D eigenvalue weighted by atomic mass is 10.1. The van der Waals surface area contributed by atoms with Crippen LogP contribution in [0.1, 0.15) is 15.9 Å². The van der Waals surface area contributed by atoms with Crippen molar-refractivity contribution in [1.82, 2.24) is 0 Å². The van der Waals surface area contributed by atoms with Gasteiger partial charge >= 0.3 is 0 Å². The minimum atomic E-state index is -0.621. The van der Waals surface area contributed by atoms with E-state index in [1.807, 2.05) is 0 Å². The minimum absolute atomic E-state index is 0.164. The van der Waals surface area contributed by atoms with E-state index < -0.39 is 11.7 Å². The fourth-order valence-electron chi connectivity index (χ4n) is 1.70. The van der Waals surface area contributed by atoms with Gasteiger partial charge in [-0.1, -0.05) is 29.3 Å². The number of rotatable bonds is 4. The Morgan fingerprint density at radius 2 is 1.85 bits per heavy atom. The topological polar surface area (TPSA) is 55.1 Å². The molecule has 0 unspecified atom stereocenters. The normalized spacial score (nSPS) is 10.3. The van der Waals surface area contributed by atoms with Crippen molar-refractivity contribution in [3.8, 4) is 0 Å². The van der Waals surface area contributed by atoms with E-state index in [0.29, 0.717) is 15.6 Å². The van der Waals surface area contributed by atoms with E-state index in [9.17, 15) is 9.18 Å². The number of carbonyl (C=O) groups is 1. The molecule has 0 bridgehead atoms. The van der Waals surface area contributed by atoms with Gasteiger partial charge in [0.05, 0.1) is 5.69 Å². The van der Waals surface area contributed by atoms with Gasteiger partial charge in [0, 0.05) is 27.7 Å². The van der Waals surface area contributed by atoms with Gasteiger partial charge in [-0.3, -0.25) is 4.79 Å². The summed E-state index contributed by atoms with van der Waals surface area (Å²) in [6.45, 7) is 0.234. The van der Waals surface area contributed by atoms with Gasteiger partial charge < -0.3 is 11.1 Å². The zero-order valence-corrected chi connectivity index (χ0v) is 11.8. The predicted molar refractivity (Wildman–Crippen MR) is 78.7 cm³/mol. The molecule has 2 rings (SSSR count). The summed E-state index contributed by atoms with van der Waals surface area (Å²) in [6, 6.07) is 8.97. The second-order valence-electron chi connectivity index (χ2n) is 4.11. The highest BCUT2D eigenvalue weighted by molar-refractivity contribution is 6.36. The van der Waals surface area contributed by atoms with Crippen molar-refractivity contribution in [1.29, 1.82) is 0 Å². The standard InChI is InChI=1S/C14H11Cl2FN2O/c15-10-2-1-3-11(16)9(10)7-19-13-6-8(14(18)20)4-5-12(13)17/h1-6,19H,7H2,(H2,18,20). The van der Waals surface area contributed by atoms with E-state index >= 15 is 0 Å². The number of amides is 1. The fraction of sp³-hybridized carbons (Fsp3) is 0.0714. The van der Waals surface area contributed by atoms with Crippen LogP contribution in [0.2, 0.25) is 10.0 Å². The summed E-state index contributed by atoms with van der Waals surface area (Å²) in [6.07, 6.45) is 0. The highest BCUT2D eigenvalue weighted by Gasteiger charge is 2.09. The number of nitrogens with one attached hydrogen (secondary N) is 1. The van der Waals surface area contributed by atoms with Gasteiger partial charge in [0.2, 0.25) is 5.91 Å². The Balaban J connectivity index is 2.23. The average molecular weight is 313 g/mol. The first-order valence-corrected chi connectivity index (χ1v) is 6.50. The lowest BCUT2D eigenvalue weighted by Crippen LogP contribution is -2.12. The molecule has 2 aromatic rings. The summed E-state index contributed by atoms with van der Waals surface area (Å²) >= 11 is 12.0. The average Bonchev–Trinajstić information content (AvgIpc) is 2.39. The fourth-order valence-corrected chi connectivity index (χ4v) is 2.23. The number of nitrogens with two attached hydrogens (primary N) is 1. The second kappa shape index (κ2) is 6.11. The lowest BCUT2D eigenvalue weighted by molar-refractivity contribution is 0.100. The van der Waals surface area contributed by atoms with Crippen molar-refractivity contribution in [2.45, 2.75) is 6.54 Å². The third kappa shape index (κ3) is 3.21. The molecular formula is C14H11Cl2FN2O. The molecule has 0 aliphatic heterocycles. The number of primary amides is 1. The Bertz CT molecular complexity index is 641. The summed E-state index contributed by atoms with van der Waals surface area (Å²) in [5.74, 6) is -1.11. The van der Waals surface area contributed by atoms with Crippen molar-refractivity contribution in [2.24, 2.45) is 5.73 Å². The SMILES string of the molecule is NC(=O)c1ccc(F)c(NCc2c(Cl)cccc2Cl)c1. The van der Waals surface area contributed by atoms with Crippen LogP contribution in [0.3, 0.4) is 0 Å². The Morgan fingerprint density at radius 3 is 2.45 bits per heavy atom. The van der Waals surface area contributed by atoms with Gasteiger partial charge in [-0.25, -0.2) is 4.39 Å². The van der Waals surface area contributed by atoms with Crippen LogP contribution >= 0.6 is 23.2 Å². The molecule has 3 nitrogen and oxygen atoms in total. The molecule has 0 spiro atoms. The molecule has 104 valence electrons. The van der Waals surface area contributed by atoms with E-state index in [2.05, 4.69) is 5.32 Å². The predicted octanol–water partition coefficient (Wildman–Crippen LogP) is 3.84. The molecular weight excluding hydrogens is 302 g/mol. The first-order valence-electron chi connectivity index (χ1n) is 5.75. The largest absolute Gasteiger partial charge is 0.378 e. The molecule has 0 saturated carbocycles. The zero-order chi connectivity index (χ0) is 14.7. The molecule has 0 aliphatic carbocycles. The van der Waals surface area contributed by atoms with Crippen molar-refractivity contribution < 1.29 is 9.18 Å². The highest BCUT2D eigenvalue weighted by atomic mass is 35.5. The summed E-state index contributed by atoms with van der Waals surface area (Å²) in [5, 5.41) is 3.82. The monoisotopic (exact) mass is 312 g/mol.